The number of para-hydroxylation sites is 1. The SMILES string of the molecule is O=C(O)c1cnn(C2CCN(C(=O)CN3CCc4ccccc43)CC2)c1. The van der Waals surface area contributed by atoms with Gasteiger partial charge in [-0.05, 0) is 30.9 Å². The van der Waals surface area contributed by atoms with Crippen LogP contribution >= 0.6 is 0 Å². The van der Waals surface area contributed by atoms with Crippen LogP contribution in [0, 0.1) is 0 Å². The Hall–Kier alpha value is -2.83. The van der Waals surface area contributed by atoms with E-state index >= 15 is 0 Å². The second kappa shape index (κ2) is 6.82. The van der Waals surface area contributed by atoms with E-state index in [1.54, 1.807) is 10.9 Å². The highest BCUT2D eigenvalue weighted by Crippen LogP contribution is 2.28. The average Bonchev–Trinajstić information content (AvgIpc) is 3.30. The van der Waals surface area contributed by atoms with Crippen molar-refractivity contribution in [1.82, 2.24) is 14.7 Å². The van der Waals surface area contributed by atoms with Gasteiger partial charge >= 0.3 is 5.97 Å². The van der Waals surface area contributed by atoms with Crippen molar-refractivity contribution < 1.29 is 14.7 Å². The first-order valence-electron chi connectivity index (χ1n) is 9.00. The quantitative estimate of drug-likeness (QED) is 0.906. The molecular weight excluding hydrogens is 332 g/mol. The van der Waals surface area contributed by atoms with Crippen molar-refractivity contribution >= 4 is 17.6 Å². The van der Waals surface area contributed by atoms with Gasteiger partial charge in [0.15, 0.2) is 0 Å². The molecule has 1 N–H and O–H groups in total. The first kappa shape index (κ1) is 16.6. The molecule has 2 aliphatic heterocycles. The molecule has 1 aromatic carbocycles. The summed E-state index contributed by atoms with van der Waals surface area (Å²) < 4.78 is 1.72. The lowest BCUT2D eigenvalue weighted by molar-refractivity contribution is -0.131. The van der Waals surface area contributed by atoms with E-state index < -0.39 is 5.97 Å². The van der Waals surface area contributed by atoms with Gasteiger partial charge in [-0.2, -0.15) is 5.10 Å². The molecule has 0 saturated carbocycles. The van der Waals surface area contributed by atoms with Crippen molar-refractivity contribution in [2.24, 2.45) is 0 Å². The second-order valence-corrected chi connectivity index (χ2v) is 6.93. The van der Waals surface area contributed by atoms with Gasteiger partial charge in [0, 0.05) is 31.5 Å². The molecule has 0 bridgehead atoms. The summed E-state index contributed by atoms with van der Waals surface area (Å²) in [6, 6.07) is 8.42. The average molecular weight is 354 g/mol. The van der Waals surface area contributed by atoms with E-state index in [2.05, 4.69) is 22.1 Å². The number of benzene rings is 1. The van der Waals surface area contributed by atoms with Crippen molar-refractivity contribution in [2.75, 3.05) is 31.1 Å². The van der Waals surface area contributed by atoms with Crippen LogP contribution in [0.1, 0.15) is 34.8 Å². The summed E-state index contributed by atoms with van der Waals surface area (Å²) in [6.07, 6.45) is 5.54. The fourth-order valence-electron chi connectivity index (χ4n) is 3.86. The van der Waals surface area contributed by atoms with Gasteiger partial charge in [0.1, 0.15) is 0 Å². The fraction of sp³-hybridized carbons (Fsp3) is 0.421. The monoisotopic (exact) mass is 354 g/mol. The fourth-order valence-corrected chi connectivity index (χ4v) is 3.86. The minimum Gasteiger partial charge on any atom is -0.478 e. The van der Waals surface area contributed by atoms with Gasteiger partial charge in [-0.15, -0.1) is 0 Å². The highest BCUT2D eigenvalue weighted by molar-refractivity contribution is 5.86. The minimum absolute atomic E-state index is 0.152. The van der Waals surface area contributed by atoms with Crippen LogP contribution < -0.4 is 4.90 Å². The van der Waals surface area contributed by atoms with E-state index in [9.17, 15) is 9.59 Å². The number of fused-ring (bicyclic) bond motifs is 1. The van der Waals surface area contributed by atoms with Crippen LogP contribution in [0.4, 0.5) is 5.69 Å². The Morgan fingerprint density at radius 3 is 2.65 bits per heavy atom. The molecular formula is C19H22N4O3. The van der Waals surface area contributed by atoms with Crippen LogP contribution in [-0.2, 0) is 11.2 Å². The number of rotatable bonds is 4. The molecule has 3 heterocycles. The van der Waals surface area contributed by atoms with E-state index in [0.717, 1.165) is 25.8 Å². The number of anilines is 1. The Labute approximate surface area is 151 Å². The highest BCUT2D eigenvalue weighted by atomic mass is 16.4. The largest absolute Gasteiger partial charge is 0.478 e. The summed E-state index contributed by atoms with van der Waals surface area (Å²) in [5.41, 5.74) is 2.69. The van der Waals surface area contributed by atoms with Crippen LogP contribution in [0.2, 0.25) is 0 Å². The normalized spacial score (nSPS) is 17.4. The predicted molar refractivity (Wildman–Crippen MR) is 96.4 cm³/mol. The molecule has 2 aliphatic rings. The maximum absolute atomic E-state index is 12.7. The topological polar surface area (TPSA) is 78.7 Å². The number of aromatic nitrogens is 2. The standard InChI is InChI=1S/C19H22N4O3/c24-18(13-22-8-5-14-3-1-2-4-17(14)22)21-9-6-16(7-10-21)23-12-15(11-20-23)19(25)26/h1-4,11-12,16H,5-10,13H2,(H,25,26). The van der Waals surface area contributed by atoms with Gasteiger partial charge in [0.05, 0.1) is 24.3 Å². The zero-order valence-corrected chi connectivity index (χ0v) is 14.5. The van der Waals surface area contributed by atoms with Gasteiger partial charge < -0.3 is 14.9 Å². The van der Waals surface area contributed by atoms with E-state index in [1.165, 1.54) is 17.4 Å². The summed E-state index contributed by atoms with van der Waals surface area (Å²) in [6.45, 7) is 2.68. The van der Waals surface area contributed by atoms with Crippen molar-refractivity contribution in [3.63, 3.8) is 0 Å². The number of piperidine rings is 1. The van der Waals surface area contributed by atoms with Crippen LogP contribution in [0.15, 0.2) is 36.7 Å². The van der Waals surface area contributed by atoms with Gasteiger partial charge in [0.25, 0.3) is 0 Å². The van der Waals surface area contributed by atoms with Crippen LogP contribution in [0.3, 0.4) is 0 Å². The smallest absolute Gasteiger partial charge is 0.338 e. The number of nitrogens with zero attached hydrogens (tertiary/aromatic N) is 4. The number of carbonyl (C=O) groups excluding carboxylic acids is 1. The lowest BCUT2D eigenvalue weighted by Crippen LogP contribution is -2.44. The van der Waals surface area contributed by atoms with Crippen molar-refractivity contribution in [1.29, 1.82) is 0 Å². The molecule has 1 aromatic heterocycles. The molecule has 0 aliphatic carbocycles. The van der Waals surface area contributed by atoms with E-state index in [4.69, 9.17) is 5.11 Å². The zero-order chi connectivity index (χ0) is 18.1. The number of carboxylic acids is 1. The second-order valence-electron chi connectivity index (χ2n) is 6.93. The Morgan fingerprint density at radius 1 is 1.15 bits per heavy atom. The van der Waals surface area contributed by atoms with Crippen LogP contribution in [-0.4, -0.2) is 57.8 Å². The molecule has 0 atom stereocenters. The maximum Gasteiger partial charge on any atom is 0.338 e. The van der Waals surface area contributed by atoms with Crippen molar-refractivity contribution in [3.8, 4) is 0 Å². The van der Waals surface area contributed by atoms with Gasteiger partial charge in [-0.1, -0.05) is 18.2 Å². The lowest BCUT2D eigenvalue weighted by Gasteiger charge is -2.33. The number of hydrogen-bond donors (Lipinski definition) is 1. The van der Waals surface area contributed by atoms with Crippen LogP contribution in [0.25, 0.3) is 0 Å². The number of carboxylic acid groups (broad SMARTS) is 1. The molecule has 26 heavy (non-hydrogen) atoms. The van der Waals surface area contributed by atoms with Crippen LogP contribution in [0.5, 0.6) is 0 Å². The summed E-state index contributed by atoms with van der Waals surface area (Å²) in [7, 11) is 0. The molecule has 2 aromatic rings. The zero-order valence-electron chi connectivity index (χ0n) is 14.5. The summed E-state index contributed by atoms with van der Waals surface area (Å²) in [4.78, 5) is 27.7. The molecule has 7 heteroatoms. The van der Waals surface area contributed by atoms with Gasteiger partial charge in [0.2, 0.25) is 5.91 Å². The lowest BCUT2D eigenvalue weighted by atomic mass is 10.1. The molecule has 0 radical (unpaired) electrons. The van der Waals surface area contributed by atoms with Crippen molar-refractivity contribution in [2.45, 2.75) is 25.3 Å². The number of carbonyl (C=O) groups is 2. The number of aromatic carboxylic acids is 1. The molecule has 1 fully saturated rings. The third kappa shape index (κ3) is 3.16. The number of hydrogen-bond acceptors (Lipinski definition) is 4. The molecule has 1 amide bonds. The van der Waals surface area contributed by atoms with E-state index in [0.29, 0.717) is 19.6 Å². The summed E-state index contributed by atoms with van der Waals surface area (Å²) in [5, 5.41) is 13.2. The molecule has 4 rings (SSSR count). The summed E-state index contributed by atoms with van der Waals surface area (Å²) in [5.74, 6) is -0.804. The molecule has 136 valence electrons. The number of likely N-dealkylation sites (tertiary alicyclic amines) is 1. The first-order chi connectivity index (χ1) is 12.6. The first-order valence-corrected chi connectivity index (χ1v) is 9.00. The molecule has 7 nitrogen and oxygen atoms in total. The minimum atomic E-state index is -0.963. The highest BCUT2D eigenvalue weighted by Gasteiger charge is 2.27. The Kier molecular flexibility index (Phi) is 4.36. The Morgan fingerprint density at radius 2 is 1.92 bits per heavy atom. The number of amides is 1. The molecule has 1 saturated heterocycles. The summed E-state index contributed by atoms with van der Waals surface area (Å²) >= 11 is 0. The Bertz CT molecular complexity index is 824. The third-order valence-corrected chi connectivity index (χ3v) is 5.35. The van der Waals surface area contributed by atoms with Gasteiger partial charge in [-0.25, -0.2) is 4.79 Å². The van der Waals surface area contributed by atoms with Gasteiger partial charge in [-0.3, -0.25) is 9.48 Å². The molecule has 0 unspecified atom stereocenters. The van der Waals surface area contributed by atoms with Crippen molar-refractivity contribution in [3.05, 3.63) is 47.8 Å². The third-order valence-electron chi connectivity index (χ3n) is 5.35. The molecule has 0 spiro atoms. The predicted octanol–water partition coefficient (Wildman–Crippen LogP) is 1.81. The maximum atomic E-state index is 12.7. The Balaban J connectivity index is 1.33. The van der Waals surface area contributed by atoms with E-state index in [1.807, 2.05) is 17.0 Å². The van der Waals surface area contributed by atoms with E-state index in [-0.39, 0.29) is 17.5 Å².